The van der Waals surface area contributed by atoms with E-state index in [1.807, 2.05) is 48.5 Å². The van der Waals surface area contributed by atoms with Crippen LogP contribution in [0.2, 0.25) is 0 Å². The molecule has 0 N–H and O–H groups in total. The first-order valence-electron chi connectivity index (χ1n) is 9.34. The predicted octanol–water partition coefficient (Wildman–Crippen LogP) is 2.25. The second kappa shape index (κ2) is 7.69. The van der Waals surface area contributed by atoms with Gasteiger partial charge in [-0.1, -0.05) is 0 Å². The largest absolute Gasteiger partial charge is 0.336 e. The summed E-state index contributed by atoms with van der Waals surface area (Å²) < 4.78 is 3.73. The third-order valence-electron chi connectivity index (χ3n) is 5.24. The first-order chi connectivity index (χ1) is 13.2. The van der Waals surface area contributed by atoms with Gasteiger partial charge in [-0.05, 0) is 67.3 Å². The van der Waals surface area contributed by atoms with Crippen molar-refractivity contribution in [3.05, 3.63) is 54.4 Å². The zero-order chi connectivity index (χ0) is 18.6. The summed E-state index contributed by atoms with van der Waals surface area (Å²) in [5.41, 5.74) is 1.54. The number of amides is 1. The van der Waals surface area contributed by atoms with Gasteiger partial charge in [0.05, 0.1) is 5.69 Å². The third-order valence-corrected chi connectivity index (χ3v) is 5.24. The smallest absolute Gasteiger partial charge is 0.254 e. The second-order valence-electron chi connectivity index (χ2n) is 6.91. The summed E-state index contributed by atoms with van der Waals surface area (Å²) in [6.07, 6.45) is 9.61. The van der Waals surface area contributed by atoms with Crippen molar-refractivity contribution in [2.24, 2.45) is 0 Å². The number of rotatable bonds is 5. The number of likely N-dealkylation sites (tertiary alicyclic amines) is 1. The monoisotopic (exact) mass is 365 g/mol. The molecule has 0 bridgehead atoms. The van der Waals surface area contributed by atoms with Crippen molar-refractivity contribution in [3.63, 3.8) is 0 Å². The number of carbonyl (C=O) groups is 1. The lowest BCUT2D eigenvalue weighted by atomic mass is 9.98. The Morgan fingerprint density at radius 3 is 2.78 bits per heavy atom. The van der Waals surface area contributed by atoms with Gasteiger partial charge < -0.3 is 9.47 Å². The molecule has 0 aliphatic carbocycles. The van der Waals surface area contributed by atoms with E-state index in [1.165, 1.54) is 12.7 Å². The third kappa shape index (κ3) is 3.74. The van der Waals surface area contributed by atoms with E-state index >= 15 is 0 Å². The molecule has 0 spiro atoms. The maximum atomic E-state index is 13.1. The highest BCUT2D eigenvalue weighted by molar-refractivity contribution is 5.94. The van der Waals surface area contributed by atoms with Gasteiger partial charge in [-0.3, -0.25) is 4.79 Å². The van der Waals surface area contributed by atoms with Crippen LogP contribution in [-0.4, -0.2) is 53.2 Å². The minimum Gasteiger partial charge on any atom is -0.336 e. The number of benzene rings is 1. The van der Waals surface area contributed by atoms with Crippen LogP contribution in [0.5, 0.6) is 0 Å². The normalized spacial score (nSPS) is 17.2. The summed E-state index contributed by atoms with van der Waals surface area (Å²) in [5.74, 6) is 1.12. The quantitative estimate of drug-likeness (QED) is 0.693. The molecule has 1 saturated heterocycles. The number of imidazole rings is 1. The van der Waals surface area contributed by atoms with E-state index in [1.54, 1.807) is 4.68 Å². The fraction of sp³-hybridized carbons (Fsp3) is 0.421. The average Bonchev–Trinajstić information content (AvgIpc) is 3.38. The van der Waals surface area contributed by atoms with Crippen LogP contribution in [0.3, 0.4) is 0 Å². The Morgan fingerprint density at radius 1 is 1.22 bits per heavy atom. The van der Waals surface area contributed by atoms with Crippen LogP contribution in [0, 0.1) is 6.92 Å². The highest BCUT2D eigenvalue weighted by Crippen LogP contribution is 2.23. The number of hydrogen-bond acceptors (Lipinski definition) is 5. The van der Waals surface area contributed by atoms with Crippen molar-refractivity contribution in [1.29, 1.82) is 0 Å². The standard InChI is InChI=1S/C19H23N7O/c1-15-20-10-13-24(15)12-9-17-4-2-3-11-25(17)19(27)16-5-7-18(8-6-16)26-14-21-22-23-26/h5-8,10,13-14,17H,2-4,9,11-12H2,1H3. The van der Waals surface area contributed by atoms with E-state index in [9.17, 15) is 4.79 Å². The van der Waals surface area contributed by atoms with E-state index in [4.69, 9.17) is 0 Å². The molecule has 27 heavy (non-hydrogen) atoms. The molecule has 1 fully saturated rings. The molecule has 4 rings (SSSR count). The number of hydrogen-bond donors (Lipinski definition) is 0. The zero-order valence-corrected chi connectivity index (χ0v) is 15.4. The molecule has 140 valence electrons. The molecular formula is C19H23N7O. The summed E-state index contributed by atoms with van der Waals surface area (Å²) >= 11 is 0. The van der Waals surface area contributed by atoms with E-state index in [2.05, 4.69) is 25.1 Å². The Balaban J connectivity index is 1.46. The molecule has 2 aromatic heterocycles. The highest BCUT2D eigenvalue weighted by Gasteiger charge is 2.27. The molecule has 1 amide bonds. The maximum absolute atomic E-state index is 13.1. The van der Waals surface area contributed by atoms with Crippen molar-refractivity contribution in [1.82, 2.24) is 34.7 Å². The molecule has 1 atom stereocenters. The van der Waals surface area contributed by atoms with E-state index in [0.717, 1.165) is 43.9 Å². The summed E-state index contributed by atoms with van der Waals surface area (Å²) in [5, 5.41) is 11.1. The maximum Gasteiger partial charge on any atom is 0.254 e. The van der Waals surface area contributed by atoms with Gasteiger partial charge in [0, 0.05) is 37.1 Å². The van der Waals surface area contributed by atoms with Gasteiger partial charge in [0.2, 0.25) is 0 Å². The lowest BCUT2D eigenvalue weighted by Gasteiger charge is -2.36. The highest BCUT2D eigenvalue weighted by atomic mass is 16.2. The van der Waals surface area contributed by atoms with Crippen LogP contribution in [0.4, 0.5) is 0 Å². The molecule has 3 aromatic rings. The van der Waals surface area contributed by atoms with Crippen LogP contribution >= 0.6 is 0 Å². The molecule has 8 nitrogen and oxygen atoms in total. The fourth-order valence-electron chi connectivity index (χ4n) is 3.70. The minimum atomic E-state index is 0.102. The van der Waals surface area contributed by atoms with Crippen LogP contribution in [0.1, 0.15) is 41.9 Å². The number of nitrogens with zero attached hydrogens (tertiary/aromatic N) is 7. The summed E-state index contributed by atoms with van der Waals surface area (Å²) in [6, 6.07) is 7.72. The van der Waals surface area contributed by atoms with Crippen molar-refractivity contribution in [2.45, 2.75) is 45.2 Å². The Morgan fingerprint density at radius 2 is 2.07 bits per heavy atom. The van der Waals surface area contributed by atoms with E-state index in [0.29, 0.717) is 5.56 Å². The van der Waals surface area contributed by atoms with Gasteiger partial charge in [0.15, 0.2) is 0 Å². The zero-order valence-electron chi connectivity index (χ0n) is 15.4. The Bertz CT molecular complexity index is 885. The van der Waals surface area contributed by atoms with Crippen molar-refractivity contribution in [2.75, 3.05) is 6.54 Å². The van der Waals surface area contributed by atoms with Gasteiger partial charge in [-0.2, -0.15) is 0 Å². The summed E-state index contributed by atoms with van der Waals surface area (Å²) in [7, 11) is 0. The predicted molar refractivity (Wildman–Crippen MR) is 99.4 cm³/mol. The Kier molecular flexibility index (Phi) is 4.95. The minimum absolute atomic E-state index is 0.102. The lowest BCUT2D eigenvalue weighted by molar-refractivity contribution is 0.0595. The molecule has 3 heterocycles. The van der Waals surface area contributed by atoms with Gasteiger partial charge in [0.25, 0.3) is 5.91 Å². The number of aromatic nitrogens is 6. The molecule has 1 aromatic carbocycles. The molecule has 1 unspecified atom stereocenters. The van der Waals surface area contributed by atoms with Crippen LogP contribution in [0.25, 0.3) is 5.69 Å². The first-order valence-corrected chi connectivity index (χ1v) is 9.34. The SMILES string of the molecule is Cc1nccn1CCC1CCCCN1C(=O)c1ccc(-n2cnnn2)cc1. The second-order valence-corrected chi connectivity index (χ2v) is 6.91. The number of tetrazole rings is 1. The molecule has 1 aliphatic rings. The molecule has 0 saturated carbocycles. The van der Waals surface area contributed by atoms with E-state index < -0.39 is 0 Å². The fourth-order valence-corrected chi connectivity index (χ4v) is 3.70. The van der Waals surface area contributed by atoms with Gasteiger partial charge in [0.1, 0.15) is 12.2 Å². The van der Waals surface area contributed by atoms with Crippen molar-refractivity contribution >= 4 is 5.91 Å². The number of piperidine rings is 1. The van der Waals surface area contributed by atoms with Crippen molar-refractivity contribution in [3.8, 4) is 5.69 Å². The van der Waals surface area contributed by atoms with Crippen molar-refractivity contribution < 1.29 is 4.79 Å². The average molecular weight is 365 g/mol. The van der Waals surface area contributed by atoms with E-state index in [-0.39, 0.29) is 11.9 Å². The first kappa shape index (κ1) is 17.4. The van der Waals surface area contributed by atoms with Crippen LogP contribution < -0.4 is 0 Å². The van der Waals surface area contributed by atoms with Gasteiger partial charge in [-0.25, -0.2) is 9.67 Å². The molecular weight excluding hydrogens is 342 g/mol. The van der Waals surface area contributed by atoms with Gasteiger partial charge in [-0.15, -0.1) is 5.10 Å². The van der Waals surface area contributed by atoms with Crippen LogP contribution in [0.15, 0.2) is 43.0 Å². The topological polar surface area (TPSA) is 81.7 Å². The molecule has 1 aliphatic heterocycles. The Hall–Kier alpha value is -3.03. The molecule has 8 heteroatoms. The summed E-state index contributed by atoms with van der Waals surface area (Å²) in [4.78, 5) is 19.4. The lowest BCUT2D eigenvalue weighted by Crippen LogP contribution is -2.44. The Labute approximate surface area is 157 Å². The number of aryl methyl sites for hydroxylation is 2. The summed E-state index contributed by atoms with van der Waals surface area (Å²) in [6.45, 7) is 3.72. The molecule has 0 radical (unpaired) electrons. The number of carbonyl (C=O) groups excluding carboxylic acids is 1. The van der Waals surface area contributed by atoms with Crippen LogP contribution in [-0.2, 0) is 6.54 Å². The van der Waals surface area contributed by atoms with Gasteiger partial charge >= 0.3 is 0 Å².